The molecule has 0 aliphatic carbocycles. The van der Waals surface area contributed by atoms with Crippen LogP contribution < -0.4 is 5.32 Å². The molecule has 1 aliphatic heterocycles. The van der Waals surface area contributed by atoms with Gasteiger partial charge in [0.25, 0.3) is 0 Å². The molecule has 3 heterocycles. The first kappa shape index (κ1) is 21.7. The van der Waals surface area contributed by atoms with E-state index in [0.717, 1.165) is 17.3 Å². The van der Waals surface area contributed by atoms with Gasteiger partial charge in [-0.05, 0) is 38.0 Å². The minimum atomic E-state index is -4.72. The number of nitrogens with zero attached hydrogens (tertiary/aromatic N) is 5. The number of imidazole rings is 1. The average Bonchev–Trinajstić information content (AvgIpc) is 3.14. The Morgan fingerprint density at radius 3 is 2.94 bits per heavy atom. The van der Waals surface area contributed by atoms with Gasteiger partial charge in [0.1, 0.15) is 11.3 Å². The lowest BCUT2D eigenvalue weighted by molar-refractivity contribution is -0.0936. The van der Waals surface area contributed by atoms with Crippen LogP contribution in [0.1, 0.15) is 37.2 Å². The van der Waals surface area contributed by atoms with Crippen molar-refractivity contribution in [3.05, 3.63) is 47.7 Å². The van der Waals surface area contributed by atoms with Crippen molar-refractivity contribution in [3.8, 4) is 6.07 Å². The van der Waals surface area contributed by atoms with Crippen molar-refractivity contribution in [1.82, 2.24) is 19.9 Å². The smallest absolute Gasteiger partial charge is 0.382 e. The SMILES string of the molecule is C[C@@H]1CC(n2c(CN/C=C(\N=N)C(F)(F)F)nc3cnc4ccc(C#N)cc4c32)CCO1. The molecule has 11 heteroatoms. The average molecular weight is 443 g/mol. The predicted octanol–water partition coefficient (Wildman–Crippen LogP) is 4.72. The Labute approximate surface area is 181 Å². The number of halogens is 3. The number of fused-ring (bicyclic) bond motifs is 3. The van der Waals surface area contributed by atoms with E-state index in [2.05, 4.69) is 26.5 Å². The zero-order valence-electron chi connectivity index (χ0n) is 17.1. The highest BCUT2D eigenvalue weighted by Gasteiger charge is 2.34. The monoisotopic (exact) mass is 443 g/mol. The molecule has 1 aromatic carbocycles. The topological polar surface area (TPSA) is 112 Å². The van der Waals surface area contributed by atoms with Crippen LogP contribution in [0.3, 0.4) is 0 Å². The Morgan fingerprint density at radius 1 is 1.44 bits per heavy atom. The molecule has 0 spiro atoms. The fourth-order valence-corrected chi connectivity index (χ4v) is 4.04. The molecule has 3 aromatic rings. The van der Waals surface area contributed by atoms with Crippen LogP contribution in [0.25, 0.3) is 21.9 Å². The Bertz CT molecular complexity index is 1240. The molecule has 0 amide bonds. The van der Waals surface area contributed by atoms with Gasteiger partial charge in [0, 0.05) is 24.2 Å². The molecule has 2 N–H and O–H groups in total. The zero-order valence-corrected chi connectivity index (χ0v) is 17.1. The number of ether oxygens (including phenoxy) is 1. The molecule has 1 unspecified atom stereocenters. The zero-order chi connectivity index (χ0) is 22.9. The summed E-state index contributed by atoms with van der Waals surface area (Å²) in [5.41, 5.74) is 8.00. The number of hydrogen-bond acceptors (Lipinski definition) is 7. The quantitative estimate of drug-likeness (QED) is 0.554. The van der Waals surface area contributed by atoms with E-state index in [0.29, 0.717) is 41.6 Å². The first-order chi connectivity index (χ1) is 15.3. The number of hydrogen-bond donors (Lipinski definition) is 2. The number of nitrogens with one attached hydrogen (secondary N) is 2. The summed E-state index contributed by atoms with van der Waals surface area (Å²) in [7, 11) is 0. The highest BCUT2D eigenvalue weighted by atomic mass is 19.4. The number of alkyl halides is 3. The lowest BCUT2D eigenvalue weighted by Crippen LogP contribution is -2.27. The molecule has 166 valence electrons. The van der Waals surface area contributed by atoms with Crippen molar-refractivity contribution in [1.29, 1.82) is 10.8 Å². The van der Waals surface area contributed by atoms with Crippen LogP contribution in [0.4, 0.5) is 13.2 Å². The van der Waals surface area contributed by atoms with Gasteiger partial charge in [0.05, 0.1) is 41.5 Å². The van der Waals surface area contributed by atoms with Crippen LogP contribution in [0.5, 0.6) is 0 Å². The lowest BCUT2D eigenvalue weighted by Gasteiger charge is -2.30. The van der Waals surface area contributed by atoms with Crippen molar-refractivity contribution in [3.63, 3.8) is 0 Å². The molecule has 1 saturated heterocycles. The van der Waals surface area contributed by atoms with Crippen LogP contribution in [0, 0.1) is 16.9 Å². The molecule has 32 heavy (non-hydrogen) atoms. The van der Waals surface area contributed by atoms with Crippen LogP contribution in [0.2, 0.25) is 0 Å². The van der Waals surface area contributed by atoms with Gasteiger partial charge in [-0.15, -0.1) is 0 Å². The summed E-state index contributed by atoms with van der Waals surface area (Å²) in [5, 5.41) is 15.3. The third-order valence-corrected chi connectivity index (χ3v) is 5.45. The maximum Gasteiger partial charge on any atom is 0.436 e. The lowest BCUT2D eigenvalue weighted by atomic mass is 10.0. The van der Waals surface area contributed by atoms with Crippen molar-refractivity contribution in [2.45, 2.75) is 44.6 Å². The molecule has 8 nitrogen and oxygen atoms in total. The second kappa shape index (κ2) is 8.55. The second-order valence-electron chi connectivity index (χ2n) is 7.61. The van der Waals surface area contributed by atoms with Gasteiger partial charge in [0.15, 0.2) is 5.70 Å². The number of nitriles is 1. The fraction of sp³-hybridized carbons (Fsp3) is 0.381. The van der Waals surface area contributed by atoms with E-state index in [9.17, 15) is 18.4 Å². The predicted molar refractivity (Wildman–Crippen MR) is 110 cm³/mol. The third-order valence-electron chi connectivity index (χ3n) is 5.45. The van der Waals surface area contributed by atoms with E-state index in [1.54, 1.807) is 24.4 Å². The van der Waals surface area contributed by atoms with Gasteiger partial charge >= 0.3 is 6.18 Å². The van der Waals surface area contributed by atoms with Crippen LogP contribution in [-0.2, 0) is 11.3 Å². The van der Waals surface area contributed by atoms with Crippen LogP contribution in [-0.4, -0.2) is 33.4 Å². The van der Waals surface area contributed by atoms with Gasteiger partial charge in [0.2, 0.25) is 0 Å². The molecule has 0 radical (unpaired) electrons. The second-order valence-corrected chi connectivity index (χ2v) is 7.61. The van der Waals surface area contributed by atoms with Crippen molar-refractivity contribution in [2.75, 3.05) is 6.61 Å². The minimum Gasteiger partial charge on any atom is -0.382 e. The number of rotatable bonds is 5. The number of aromatic nitrogens is 3. The summed E-state index contributed by atoms with van der Waals surface area (Å²) < 4.78 is 46.3. The molecular weight excluding hydrogens is 423 g/mol. The molecule has 1 aliphatic rings. The summed E-state index contributed by atoms with van der Waals surface area (Å²) in [6.45, 7) is 2.53. The standard InChI is InChI=1S/C21H20F3N7O/c1-12-6-14(4-5-32-12)31-19(11-27-10-18(30-26)21(22,23)24)29-17-9-28-16-3-2-13(8-25)7-15(16)20(17)31/h2-3,7,9-10,12,14,26-27H,4-6,11H2,1H3/b18-10-,30-26?/t12-,14?/m1/s1. The fourth-order valence-electron chi connectivity index (χ4n) is 4.04. The van der Waals surface area contributed by atoms with Gasteiger partial charge < -0.3 is 14.6 Å². The first-order valence-corrected chi connectivity index (χ1v) is 10.0. The van der Waals surface area contributed by atoms with Gasteiger partial charge in [-0.2, -0.15) is 23.5 Å². The largest absolute Gasteiger partial charge is 0.436 e. The van der Waals surface area contributed by atoms with Crippen LogP contribution >= 0.6 is 0 Å². The molecule has 1 fully saturated rings. The van der Waals surface area contributed by atoms with E-state index in [1.165, 1.54) is 0 Å². The summed E-state index contributed by atoms with van der Waals surface area (Å²) in [6, 6.07) is 7.36. The summed E-state index contributed by atoms with van der Waals surface area (Å²) >= 11 is 0. The van der Waals surface area contributed by atoms with Crippen molar-refractivity contribution >= 4 is 21.9 Å². The van der Waals surface area contributed by atoms with E-state index in [-0.39, 0.29) is 18.7 Å². The summed E-state index contributed by atoms with van der Waals surface area (Å²) in [4.78, 5) is 9.05. The Hall–Kier alpha value is -3.52. The summed E-state index contributed by atoms with van der Waals surface area (Å²) in [5.74, 6) is 0.526. The van der Waals surface area contributed by atoms with Gasteiger partial charge in [-0.25, -0.2) is 10.5 Å². The van der Waals surface area contributed by atoms with Crippen LogP contribution in [0.15, 0.2) is 41.4 Å². The highest BCUT2D eigenvalue weighted by molar-refractivity contribution is 6.02. The van der Waals surface area contributed by atoms with E-state index >= 15 is 0 Å². The van der Waals surface area contributed by atoms with Crippen molar-refractivity contribution in [2.24, 2.45) is 5.11 Å². The molecule has 4 rings (SSSR count). The first-order valence-electron chi connectivity index (χ1n) is 10.0. The van der Waals surface area contributed by atoms with E-state index < -0.39 is 11.9 Å². The molecule has 0 saturated carbocycles. The number of allylic oxidation sites excluding steroid dienone is 1. The molecule has 2 atom stereocenters. The van der Waals surface area contributed by atoms with E-state index in [4.69, 9.17) is 10.3 Å². The molecule has 0 bridgehead atoms. The normalized spacial score (nSPS) is 19.8. The third kappa shape index (κ3) is 4.13. The Morgan fingerprint density at radius 2 is 2.25 bits per heavy atom. The van der Waals surface area contributed by atoms with Gasteiger partial charge in [-0.3, -0.25) is 4.98 Å². The maximum absolute atomic E-state index is 12.9. The van der Waals surface area contributed by atoms with E-state index in [1.807, 2.05) is 11.5 Å². The number of pyridine rings is 1. The van der Waals surface area contributed by atoms with Crippen molar-refractivity contribution < 1.29 is 17.9 Å². The maximum atomic E-state index is 12.9. The Balaban J connectivity index is 1.84. The molecular formula is C21H20F3N7O. The summed E-state index contributed by atoms with van der Waals surface area (Å²) in [6.07, 6.45) is -0.967. The highest BCUT2D eigenvalue weighted by Crippen LogP contribution is 2.34. The number of benzene rings is 1. The molecule has 2 aromatic heterocycles. The Kier molecular flexibility index (Phi) is 5.80. The minimum absolute atomic E-state index is 0.00501. The van der Waals surface area contributed by atoms with Gasteiger partial charge in [-0.1, -0.05) is 0 Å².